The minimum atomic E-state index is -3.72. The second-order valence-electron chi connectivity index (χ2n) is 4.62. The van der Waals surface area contributed by atoms with E-state index in [1.54, 1.807) is 27.7 Å². The molecule has 0 unspecified atom stereocenters. The molecule has 0 fully saturated rings. The topological polar surface area (TPSA) is 89.3 Å². The summed E-state index contributed by atoms with van der Waals surface area (Å²) in [6.07, 6.45) is 0. The molecule has 0 aliphatic rings. The minimum Gasteiger partial charge on any atom is -0.325 e. The van der Waals surface area contributed by atoms with Crippen molar-refractivity contribution in [2.75, 3.05) is 5.32 Å². The number of carbonyl (C=O) groups is 1. The zero-order valence-corrected chi connectivity index (χ0v) is 11.8. The molecule has 0 saturated carbocycles. The molecular formula is C12H18N2O3S. The Labute approximate surface area is 107 Å². The first-order valence-corrected chi connectivity index (χ1v) is 7.12. The number of aryl methyl sites for hydroxylation is 2. The van der Waals surface area contributed by atoms with E-state index in [4.69, 9.17) is 5.14 Å². The van der Waals surface area contributed by atoms with Gasteiger partial charge >= 0.3 is 0 Å². The lowest BCUT2D eigenvalue weighted by atomic mass is 10.1. The van der Waals surface area contributed by atoms with Crippen LogP contribution >= 0.6 is 0 Å². The van der Waals surface area contributed by atoms with Gasteiger partial charge in [-0.05, 0) is 37.1 Å². The molecule has 0 saturated heterocycles. The van der Waals surface area contributed by atoms with Crippen LogP contribution in [0.3, 0.4) is 0 Å². The summed E-state index contributed by atoms with van der Waals surface area (Å²) in [7, 11) is -3.72. The lowest BCUT2D eigenvalue weighted by Crippen LogP contribution is -2.20. The number of primary sulfonamides is 1. The van der Waals surface area contributed by atoms with Gasteiger partial charge in [-0.3, -0.25) is 4.79 Å². The number of sulfonamides is 1. The zero-order valence-electron chi connectivity index (χ0n) is 10.9. The number of nitrogens with one attached hydrogen (secondary N) is 1. The molecule has 0 radical (unpaired) electrons. The van der Waals surface area contributed by atoms with Gasteiger partial charge in [-0.2, -0.15) is 0 Å². The van der Waals surface area contributed by atoms with E-state index < -0.39 is 10.0 Å². The monoisotopic (exact) mass is 270 g/mol. The Hall–Kier alpha value is -1.40. The van der Waals surface area contributed by atoms with Crippen LogP contribution in [-0.4, -0.2) is 14.3 Å². The third kappa shape index (κ3) is 3.30. The van der Waals surface area contributed by atoms with Crippen LogP contribution in [0.4, 0.5) is 5.69 Å². The van der Waals surface area contributed by atoms with Gasteiger partial charge in [0.2, 0.25) is 15.9 Å². The number of amides is 1. The average Bonchev–Trinajstić information content (AvgIpc) is 2.21. The summed E-state index contributed by atoms with van der Waals surface area (Å²) < 4.78 is 22.5. The van der Waals surface area contributed by atoms with Crippen molar-refractivity contribution < 1.29 is 13.2 Å². The van der Waals surface area contributed by atoms with Gasteiger partial charge in [-0.1, -0.05) is 13.8 Å². The van der Waals surface area contributed by atoms with Gasteiger partial charge in [0, 0.05) is 11.6 Å². The second kappa shape index (κ2) is 5.07. The molecular weight excluding hydrogens is 252 g/mol. The molecule has 1 aromatic rings. The van der Waals surface area contributed by atoms with Crippen molar-refractivity contribution in [3.8, 4) is 0 Å². The van der Waals surface area contributed by atoms with Crippen LogP contribution in [0.2, 0.25) is 0 Å². The highest BCUT2D eigenvalue weighted by atomic mass is 32.2. The van der Waals surface area contributed by atoms with Crippen LogP contribution in [0.15, 0.2) is 17.0 Å². The number of carbonyl (C=O) groups excluding carboxylic acids is 1. The van der Waals surface area contributed by atoms with Gasteiger partial charge in [-0.25, -0.2) is 13.6 Å². The van der Waals surface area contributed by atoms with Gasteiger partial charge < -0.3 is 5.32 Å². The maximum atomic E-state index is 11.6. The van der Waals surface area contributed by atoms with Crippen LogP contribution in [0.5, 0.6) is 0 Å². The summed E-state index contributed by atoms with van der Waals surface area (Å²) in [6, 6.07) is 2.91. The molecule has 0 bridgehead atoms. The Bertz CT molecular complexity index is 554. The fraction of sp³-hybridized carbons (Fsp3) is 0.417. The van der Waals surface area contributed by atoms with Crippen molar-refractivity contribution in [3.05, 3.63) is 23.3 Å². The van der Waals surface area contributed by atoms with E-state index in [2.05, 4.69) is 5.32 Å². The first kappa shape index (κ1) is 14.7. The van der Waals surface area contributed by atoms with Gasteiger partial charge in [0.1, 0.15) is 0 Å². The maximum absolute atomic E-state index is 11.6. The third-order valence-electron chi connectivity index (χ3n) is 2.61. The maximum Gasteiger partial charge on any atom is 0.238 e. The molecule has 5 nitrogen and oxygen atoms in total. The number of rotatable bonds is 3. The average molecular weight is 270 g/mol. The predicted octanol–water partition coefficient (Wildman–Crippen LogP) is 1.55. The lowest BCUT2D eigenvalue weighted by Gasteiger charge is -2.14. The van der Waals surface area contributed by atoms with E-state index >= 15 is 0 Å². The zero-order chi connectivity index (χ0) is 14.1. The molecule has 0 atom stereocenters. The first-order chi connectivity index (χ1) is 8.12. The Kier molecular flexibility index (Phi) is 4.13. The number of benzene rings is 1. The molecule has 0 aromatic heterocycles. The molecule has 0 heterocycles. The van der Waals surface area contributed by atoms with E-state index in [9.17, 15) is 13.2 Å². The Balaban J connectivity index is 3.22. The molecule has 0 aliphatic carbocycles. The fourth-order valence-corrected chi connectivity index (χ4v) is 2.23. The molecule has 1 rings (SSSR count). The quantitative estimate of drug-likeness (QED) is 0.873. The van der Waals surface area contributed by atoms with Crippen molar-refractivity contribution in [2.24, 2.45) is 11.1 Å². The van der Waals surface area contributed by atoms with Crippen molar-refractivity contribution in [1.82, 2.24) is 0 Å². The van der Waals surface area contributed by atoms with E-state index in [1.807, 2.05) is 0 Å². The van der Waals surface area contributed by atoms with Gasteiger partial charge in [-0.15, -0.1) is 0 Å². The molecule has 6 heteroatoms. The summed E-state index contributed by atoms with van der Waals surface area (Å²) >= 11 is 0. The highest BCUT2D eigenvalue weighted by Gasteiger charge is 2.15. The van der Waals surface area contributed by atoms with Crippen LogP contribution in [0.1, 0.15) is 25.0 Å². The first-order valence-electron chi connectivity index (χ1n) is 5.58. The molecule has 100 valence electrons. The Morgan fingerprint density at radius 2 is 1.67 bits per heavy atom. The molecule has 0 aliphatic heterocycles. The van der Waals surface area contributed by atoms with Gasteiger partial charge in [0.05, 0.1) is 4.90 Å². The van der Waals surface area contributed by atoms with E-state index in [1.165, 1.54) is 12.1 Å². The summed E-state index contributed by atoms with van der Waals surface area (Å²) in [5, 5.41) is 7.86. The SMILES string of the molecule is Cc1cc(S(N)(=O)=O)cc(C)c1NC(=O)C(C)C. The van der Waals surface area contributed by atoms with Gasteiger partial charge in [0.25, 0.3) is 0 Å². The van der Waals surface area contributed by atoms with Crippen molar-refractivity contribution >= 4 is 21.6 Å². The van der Waals surface area contributed by atoms with Crippen LogP contribution in [-0.2, 0) is 14.8 Å². The standard InChI is InChI=1S/C12H18N2O3S/c1-7(2)12(15)14-11-8(3)5-10(6-9(11)4)18(13,16)17/h5-7H,1-4H3,(H,14,15)(H2,13,16,17). The van der Waals surface area contributed by atoms with Crippen LogP contribution in [0, 0.1) is 19.8 Å². The van der Waals surface area contributed by atoms with Crippen LogP contribution < -0.4 is 10.5 Å². The van der Waals surface area contributed by atoms with Gasteiger partial charge in [0.15, 0.2) is 0 Å². The summed E-state index contributed by atoms with van der Waals surface area (Å²) in [4.78, 5) is 11.7. The molecule has 18 heavy (non-hydrogen) atoms. The number of hydrogen-bond acceptors (Lipinski definition) is 3. The van der Waals surface area contributed by atoms with E-state index in [-0.39, 0.29) is 16.7 Å². The summed E-state index contributed by atoms with van der Waals surface area (Å²) in [6.45, 7) is 7.05. The predicted molar refractivity (Wildman–Crippen MR) is 70.8 cm³/mol. The lowest BCUT2D eigenvalue weighted by molar-refractivity contribution is -0.118. The molecule has 3 N–H and O–H groups in total. The number of anilines is 1. The van der Waals surface area contributed by atoms with E-state index in [0.717, 1.165) is 0 Å². The normalized spacial score (nSPS) is 11.7. The largest absolute Gasteiger partial charge is 0.325 e. The molecule has 1 aromatic carbocycles. The fourth-order valence-electron chi connectivity index (χ4n) is 1.55. The third-order valence-corrected chi connectivity index (χ3v) is 3.50. The van der Waals surface area contributed by atoms with E-state index in [0.29, 0.717) is 16.8 Å². The van der Waals surface area contributed by atoms with Crippen LogP contribution in [0.25, 0.3) is 0 Å². The number of nitrogens with two attached hydrogens (primary N) is 1. The Morgan fingerprint density at radius 1 is 1.22 bits per heavy atom. The van der Waals surface area contributed by atoms with Crippen molar-refractivity contribution in [2.45, 2.75) is 32.6 Å². The Morgan fingerprint density at radius 3 is 2.00 bits per heavy atom. The highest BCUT2D eigenvalue weighted by molar-refractivity contribution is 7.89. The molecule has 1 amide bonds. The number of hydrogen-bond donors (Lipinski definition) is 2. The molecule has 0 spiro atoms. The smallest absolute Gasteiger partial charge is 0.238 e. The summed E-state index contributed by atoms with van der Waals surface area (Å²) in [5.41, 5.74) is 1.99. The summed E-state index contributed by atoms with van der Waals surface area (Å²) in [5.74, 6) is -0.244. The minimum absolute atomic E-state index is 0.0556. The van der Waals surface area contributed by atoms with Crippen molar-refractivity contribution in [1.29, 1.82) is 0 Å². The highest BCUT2D eigenvalue weighted by Crippen LogP contribution is 2.24. The second-order valence-corrected chi connectivity index (χ2v) is 6.18. The van der Waals surface area contributed by atoms with Crippen molar-refractivity contribution in [3.63, 3.8) is 0 Å².